The standard InChI is InChI=1S/C12H17N5O2/c1-8-5-10(19-16-8)6-17-3-4-18-11(7-17)12-13-9(2)14-15-12/h5,11H,3-4,6-7H2,1-2H3,(H,13,14,15). The van der Waals surface area contributed by atoms with Gasteiger partial charge in [0.15, 0.2) is 11.6 Å². The van der Waals surface area contributed by atoms with Gasteiger partial charge in [-0.05, 0) is 13.8 Å². The maximum atomic E-state index is 5.72. The van der Waals surface area contributed by atoms with Gasteiger partial charge in [-0.2, -0.15) is 5.10 Å². The highest BCUT2D eigenvalue weighted by molar-refractivity contribution is 5.03. The zero-order valence-electron chi connectivity index (χ0n) is 11.1. The molecule has 0 saturated carbocycles. The minimum Gasteiger partial charge on any atom is -0.367 e. The molecule has 1 saturated heterocycles. The number of hydrogen-bond acceptors (Lipinski definition) is 6. The fourth-order valence-corrected chi connectivity index (χ4v) is 2.22. The van der Waals surface area contributed by atoms with Crippen molar-refractivity contribution in [2.75, 3.05) is 19.7 Å². The van der Waals surface area contributed by atoms with E-state index in [1.165, 1.54) is 0 Å². The van der Waals surface area contributed by atoms with Gasteiger partial charge >= 0.3 is 0 Å². The third-order valence-corrected chi connectivity index (χ3v) is 3.11. The predicted molar refractivity (Wildman–Crippen MR) is 66.3 cm³/mol. The molecule has 102 valence electrons. The van der Waals surface area contributed by atoms with Gasteiger partial charge in [-0.3, -0.25) is 10.00 Å². The summed E-state index contributed by atoms with van der Waals surface area (Å²) in [4.78, 5) is 6.59. The number of nitrogens with zero attached hydrogens (tertiary/aromatic N) is 4. The number of morpholine rings is 1. The highest BCUT2D eigenvalue weighted by Gasteiger charge is 2.25. The molecule has 3 heterocycles. The van der Waals surface area contributed by atoms with Crippen molar-refractivity contribution in [1.82, 2.24) is 25.2 Å². The Hall–Kier alpha value is -1.73. The summed E-state index contributed by atoms with van der Waals surface area (Å²) < 4.78 is 11.0. The minimum absolute atomic E-state index is 0.0808. The van der Waals surface area contributed by atoms with E-state index < -0.39 is 0 Å². The SMILES string of the molecule is Cc1cc(CN2CCOC(c3n[nH]c(C)n3)C2)on1. The van der Waals surface area contributed by atoms with Gasteiger partial charge in [-0.25, -0.2) is 4.98 Å². The van der Waals surface area contributed by atoms with Crippen LogP contribution >= 0.6 is 0 Å². The molecule has 1 aliphatic rings. The number of rotatable bonds is 3. The molecular weight excluding hydrogens is 246 g/mol. The Labute approximate surface area is 110 Å². The Balaban J connectivity index is 1.64. The van der Waals surface area contributed by atoms with Crippen LogP contribution < -0.4 is 0 Å². The highest BCUT2D eigenvalue weighted by Crippen LogP contribution is 2.20. The quantitative estimate of drug-likeness (QED) is 0.889. The van der Waals surface area contributed by atoms with E-state index in [-0.39, 0.29) is 6.10 Å². The van der Waals surface area contributed by atoms with Crippen molar-refractivity contribution in [2.24, 2.45) is 0 Å². The molecule has 1 unspecified atom stereocenters. The molecule has 1 atom stereocenters. The molecule has 2 aromatic heterocycles. The predicted octanol–water partition coefficient (Wildman–Crippen LogP) is 0.983. The summed E-state index contributed by atoms with van der Waals surface area (Å²) in [5.41, 5.74) is 0.907. The molecule has 0 radical (unpaired) electrons. The first-order chi connectivity index (χ1) is 9.20. The van der Waals surface area contributed by atoms with Crippen molar-refractivity contribution in [2.45, 2.75) is 26.5 Å². The fourth-order valence-electron chi connectivity index (χ4n) is 2.22. The number of aromatic amines is 1. The van der Waals surface area contributed by atoms with Gasteiger partial charge in [0.25, 0.3) is 0 Å². The number of hydrogen-bond donors (Lipinski definition) is 1. The van der Waals surface area contributed by atoms with E-state index in [1.54, 1.807) is 0 Å². The van der Waals surface area contributed by atoms with Crippen LogP contribution in [0.4, 0.5) is 0 Å². The summed E-state index contributed by atoms with van der Waals surface area (Å²) in [6.07, 6.45) is -0.0808. The third-order valence-electron chi connectivity index (χ3n) is 3.11. The van der Waals surface area contributed by atoms with Gasteiger partial charge in [0.1, 0.15) is 11.9 Å². The van der Waals surface area contributed by atoms with Crippen LogP contribution in [0.5, 0.6) is 0 Å². The monoisotopic (exact) mass is 263 g/mol. The van der Waals surface area contributed by atoms with Crippen molar-refractivity contribution in [3.63, 3.8) is 0 Å². The van der Waals surface area contributed by atoms with Gasteiger partial charge in [0.05, 0.1) is 18.8 Å². The molecule has 1 fully saturated rings. The summed E-state index contributed by atoms with van der Waals surface area (Å²) in [6.45, 7) is 6.85. The molecule has 2 aromatic rings. The molecule has 0 spiro atoms. The van der Waals surface area contributed by atoms with Crippen molar-refractivity contribution in [1.29, 1.82) is 0 Å². The minimum atomic E-state index is -0.0808. The molecule has 3 rings (SSSR count). The van der Waals surface area contributed by atoms with E-state index in [0.29, 0.717) is 6.61 Å². The smallest absolute Gasteiger partial charge is 0.180 e. The van der Waals surface area contributed by atoms with Crippen LogP contribution in [0.15, 0.2) is 10.6 Å². The van der Waals surface area contributed by atoms with Gasteiger partial charge in [-0.15, -0.1) is 0 Å². The fraction of sp³-hybridized carbons (Fsp3) is 0.583. The van der Waals surface area contributed by atoms with Crippen LogP contribution in [-0.2, 0) is 11.3 Å². The second-order valence-electron chi connectivity index (χ2n) is 4.81. The lowest BCUT2D eigenvalue weighted by Gasteiger charge is -2.30. The van der Waals surface area contributed by atoms with Crippen LogP contribution in [0.3, 0.4) is 0 Å². The van der Waals surface area contributed by atoms with Crippen molar-refractivity contribution in [3.05, 3.63) is 29.2 Å². The highest BCUT2D eigenvalue weighted by atomic mass is 16.5. The van der Waals surface area contributed by atoms with Crippen molar-refractivity contribution >= 4 is 0 Å². The lowest BCUT2D eigenvalue weighted by molar-refractivity contribution is -0.0391. The second kappa shape index (κ2) is 5.10. The molecule has 7 heteroatoms. The van der Waals surface area contributed by atoms with Crippen LogP contribution in [0.2, 0.25) is 0 Å². The molecule has 0 amide bonds. The van der Waals surface area contributed by atoms with Crippen LogP contribution in [0.1, 0.15) is 29.2 Å². The lowest BCUT2D eigenvalue weighted by Crippen LogP contribution is -2.38. The van der Waals surface area contributed by atoms with E-state index in [1.807, 2.05) is 19.9 Å². The Morgan fingerprint density at radius 3 is 3.05 bits per heavy atom. The maximum Gasteiger partial charge on any atom is 0.180 e. The van der Waals surface area contributed by atoms with E-state index in [9.17, 15) is 0 Å². The van der Waals surface area contributed by atoms with E-state index in [0.717, 1.165) is 42.7 Å². The van der Waals surface area contributed by atoms with E-state index in [4.69, 9.17) is 9.26 Å². The molecule has 7 nitrogen and oxygen atoms in total. The second-order valence-corrected chi connectivity index (χ2v) is 4.81. The van der Waals surface area contributed by atoms with Crippen LogP contribution in [0, 0.1) is 13.8 Å². The average Bonchev–Trinajstić information content (AvgIpc) is 2.99. The van der Waals surface area contributed by atoms with Crippen LogP contribution in [-0.4, -0.2) is 44.9 Å². The number of aryl methyl sites for hydroxylation is 2. The molecule has 0 aliphatic carbocycles. The first-order valence-electron chi connectivity index (χ1n) is 6.36. The summed E-state index contributed by atoms with van der Waals surface area (Å²) in [5, 5.41) is 10.9. The molecule has 19 heavy (non-hydrogen) atoms. The summed E-state index contributed by atoms with van der Waals surface area (Å²) in [7, 11) is 0. The Morgan fingerprint density at radius 2 is 2.37 bits per heavy atom. The van der Waals surface area contributed by atoms with Crippen molar-refractivity contribution < 1.29 is 9.26 Å². The van der Waals surface area contributed by atoms with Crippen molar-refractivity contribution in [3.8, 4) is 0 Å². The normalized spacial score (nSPS) is 20.8. The van der Waals surface area contributed by atoms with E-state index >= 15 is 0 Å². The number of H-pyrrole nitrogens is 1. The zero-order valence-corrected chi connectivity index (χ0v) is 11.1. The van der Waals surface area contributed by atoms with Crippen LogP contribution in [0.25, 0.3) is 0 Å². The molecule has 0 bridgehead atoms. The molecular formula is C12H17N5O2. The Morgan fingerprint density at radius 1 is 1.47 bits per heavy atom. The van der Waals surface area contributed by atoms with Gasteiger partial charge in [0.2, 0.25) is 0 Å². The third kappa shape index (κ3) is 2.82. The van der Waals surface area contributed by atoms with E-state index in [2.05, 4.69) is 25.2 Å². The Kier molecular flexibility index (Phi) is 3.31. The Bertz CT molecular complexity index is 550. The number of nitrogens with one attached hydrogen (secondary N) is 1. The summed E-state index contributed by atoms with van der Waals surface area (Å²) in [6, 6.07) is 1.96. The molecule has 0 aromatic carbocycles. The summed E-state index contributed by atoms with van der Waals surface area (Å²) in [5.74, 6) is 2.40. The molecule has 1 N–H and O–H groups in total. The first kappa shape index (κ1) is 12.3. The zero-order chi connectivity index (χ0) is 13.2. The number of aromatic nitrogens is 4. The topological polar surface area (TPSA) is 80.1 Å². The largest absolute Gasteiger partial charge is 0.367 e. The lowest BCUT2D eigenvalue weighted by atomic mass is 10.2. The van der Waals surface area contributed by atoms with Gasteiger partial charge in [0, 0.05) is 19.2 Å². The summed E-state index contributed by atoms with van der Waals surface area (Å²) >= 11 is 0. The van der Waals surface area contributed by atoms with Gasteiger partial charge in [-0.1, -0.05) is 5.16 Å². The molecule has 1 aliphatic heterocycles. The average molecular weight is 263 g/mol. The number of ether oxygens (including phenoxy) is 1. The van der Waals surface area contributed by atoms with Gasteiger partial charge < -0.3 is 9.26 Å². The maximum absolute atomic E-state index is 5.72. The first-order valence-corrected chi connectivity index (χ1v) is 6.36.